The van der Waals surface area contributed by atoms with Gasteiger partial charge in [0.1, 0.15) is 0 Å². The van der Waals surface area contributed by atoms with Crippen molar-refractivity contribution in [3.8, 4) is 11.8 Å². The zero-order valence-electron chi connectivity index (χ0n) is 9.82. The Labute approximate surface area is 101 Å². The number of piperazine rings is 1. The minimum absolute atomic E-state index is 0.628. The van der Waals surface area contributed by atoms with Gasteiger partial charge in [-0.05, 0) is 12.8 Å². The lowest BCUT2D eigenvalue weighted by Gasteiger charge is -2.27. The van der Waals surface area contributed by atoms with E-state index in [1.807, 2.05) is 12.4 Å². The summed E-state index contributed by atoms with van der Waals surface area (Å²) in [6.07, 6.45) is 6.18. The molecule has 1 aliphatic carbocycles. The van der Waals surface area contributed by atoms with Gasteiger partial charge in [0.15, 0.2) is 0 Å². The molecule has 1 saturated heterocycles. The van der Waals surface area contributed by atoms with Crippen LogP contribution in [0, 0.1) is 17.8 Å². The van der Waals surface area contributed by atoms with Crippen LogP contribution in [0.5, 0.6) is 0 Å². The van der Waals surface area contributed by atoms with Crippen LogP contribution in [-0.4, -0.2) is 36.1 Å². The molecule has 0 amide bonds. The second kappa shape index (κ2) is 4.72. The fourth-order valence-electron chi connectivity index (χ4n) is 1.83. The maximum absolute atomic E-state index is 4.39. The van der Waals surface area contributed by atoms with Crippen LogP contribution in [-0.2, 0) is 0 Å². The van der Waals surface area contributed by atoms with Crippen molar-refractivity contribution in [3.05, 3.63) is 18.0 Å². The van der Waals surface area contributed by atoms with Gasteiger partial charge in [-0.2, -0.15) is 0 Å². The highest BCUT2D eigenvalue weighted by Crippen LogP contribution is 2.27. The Hall–Kier alpha value is -1.60. The van der Waals surface area contributed by atoms with Gasteiger partial charge < -0.3 is 10.2 Å². The molecule has 4 nitrogen and oxygen atoms in total. The van der Waals surface area contributed by atoms with E-state index in [2.05, 4.69) is 32.0 Å². The molecule has 2 aliphatic rings. The molecule has 1 N–H and O–H groups in total. The van der Waals surface area contributed by atoms with E-state index in [0.29, 0.717) is 5.92 Å². The lowest BCUT2D eigenvalue weighted by atomic mass is 10.3. The number of aromatic nitrogens is 2. The van der Waals surface area contributed by atoms with Crippen molar-refractivity contribution in [3.63, 3.8) is 0 Å². The molecule has 0 aromatic carbocycles. The summed E-state index contributed by atoms with van der Waals surface area (Å²) in [6.45, 7) is 3.97. The molecule has 2 fully saturated rings. The van der Waals surface area contributed by atoms with Gasteiger partial charge in [-0.25, -0.2) is 9.97 Å². The van der Waals surface area contributed by atoms with Gasteiger partial charge in [0, 0.05) is 44.5 Å². The van der Waals surface area contributed by atoms with Crippen LogP contribution in [0.15, 0.2) is 12.4 Å². The van der Waals surface area contributed by atoms with Crippen molar-refractivity contribution >= 4 is 5.95 Å². The Kier molecular flexibility index (Phi) is 2.93. The molecule has 1 aliphatic heterocycles. The number of hydrogen-bond donors (Lipinski definition) is 1. The van der Waals surface area contributed by atoms with Crippen LogP contribution in [0.4, 0.5) is 5.95 Å². The van der Waals surface area contributed by atoms with E-state index >= 15 is 0 Å². The van der Waals surface area contributed by atoms with Gasteiger partial charge in [0.05, 0.1) is 5.56 Å². The average molecular weight is 228 g/mol. The zero-order valence-corrected chi connectivity index (χ0v) is 9.82. The standard InChI is InChI=1S/C13H16N4/c1-2-11(1)3-4-12-9-15-13(16-10-12)17-7-5-14-6-8-17/h9-11,14H,1-2,5-8H2. The van der Waals surface area contributed by atoms with Gasteiger partial charge in [0.25, 0.3) is 0 Å². The predicted octanol–water partition coefficient (Wildman–Crippen LogP) is 0.648. The SMILES string of the molecule is C(#CC1CC1)c1cnc(N2CCNCC2)nc1. The normalized spacial score (nSPS) is 19.6. The Morgan fingerprint density at radius 2 is 1.88 bits per heavy atom. The summed E-state index contributed by atoms with van der Waals surface area (Å²) < 4.78 is 0. The van der Waals surface area contributed by atoms with E-state index in [9.17, 15) is 0 Å². The first-order chi connectivity index (χ1) is 8.42. The highest BCUT2D eigenvalue weighted by Gasteiger charge is 2.17. The first-order valence-electron chi connectivity index (χ1n) is 6.21. The van der Waals surface area contributed by atoms with E-state index in [1.165, 1.54) is 12.8 Å². The fraction of sp³-hybridized carbons (Fsp3) is 0.538. The van der Waals surface area contributed by atoms with Crippen LogP contribution >= 0.6 is 0 Å². The van der Waals surface area contributed by atoms with Gasteiger partial charge >= 0.3 is 0 Å². The van der Waals surface area contributed by atoms with Gasteiger partial charge in [0.2, 0.25) is 5.95 Å². The van der Waals surface area contributed by atoms with Crippen molar-refractivity contribution < 1.29 is 0 Å². The molecule has 17 heavy (non-hydrogen) atoms. The van der Waals surface area contributed by atoms with E-state index in [4.69, 9.17) is 0 Å². The number of nitrogens with one attached hydrogen (secondary N) is 1. The van der Waals surface area contributed by atoms with Gasteiger partial charge in [-0.15, -0.1) is 0 Å². The lowest BCUT2D eigenvalue weighted by Crippen LogP contribution is -2.44. The van der Waals surface area contributed by atoms with E-state index in [0.717, 1.165) is 37.7 Å². The summed E-state index contributed by atoms with van der Waals surface area (Å²) in [5.74, 6) is 7.80. The zero-order chi connectivity index (χ0) is 11.5. The molecule has 2 heterocycles. The summed E-state index contributed by atoms with van der Waals surface area (Å²) in [7, 11) is 0. The van der Waals surface area contributed by atoms with Crippen molar-refractivity contribution in [2.45, 2.75) is 12.8 Å². The minimum Gasteiger partial charge on any atom is -0.338 e. The first-order valence-corrected chi connectivity index (χ1v) is 6.21. The summed E-state index contributed by atoms with van der Waals surface area (Å²) >= 11 is 0. The quantitative estimate of drug-likeness (QED) is 0.716. The molecule has 1 aromatic rings. The number of hydrogen-bond acceptors (Lipinski definition) is 4. The van der Waals surface area contributed by atoms with Gasteiger partial charge in [-0.3, -0.25) is 0 Å². The van der Waals surface area contributed by atoms with E-state index < -0.39 is 0 Å². The summed E-state index contributed by atoms with van der Waals surface area (Å²) in [5.41, 5.74) is 0.927. The van der Waals surface area contributed by atoms with E-state index in [-0.39, 0.29) is 0 Å². The summed E-state index contributed by atoms with van der Waals surface area (Å²) in [6, 6.07) is 0. The Bertz CT molecular complexity index is 433. The Balaban J connectivity index is 1.68. The van der Waals surface area contributed by atoms with Crippen LogP contribution in [0.1, 0.15) is 18.4 Å². The van der Waals surface area contributed by atoms with Crippen molar-refractivity contribution in [1.82, 2.24) is 15.3 Å². The Morgan fingerprint density at radius 3 is 2.53 bits per heavy atom. The topological polar surface area (TPSA) is 41.1 Å². The van der Waals surface area contributed by atoms with Crippen LogP contribution in [0.25, 0.3) is 0 Å². The first kappa shape index (κ1) is 10.5. The van der Waals surface area contributed by atoms with Gasteiger partial charge in [-0.1, -0.05) is 11.8 Å². The minimum atomic E-state index is 0.628. The molecule has 88 valence electrons. The van der Waals surface area contributed by atoms with Crippen molar-refractivity contribution in [1.29, 1.82) is 0 Å². The largest absolute Gasteiger partial charge is 0.338 e. The number of anilines is 1. The second-order valence-corrected chi connectivity index (χ2v) is 4.55. The molecule has 4 heteroatoms. The summed E-state index contributed by atoms with van der Waals surface area (Å²) in [4.78, 5) is 11.0. The third-order valence-electron chi connectivity index (χ3n) is 3.04. The lowest BCUT2D eigenvalue weighted by molar-refractivity contribution is 0.580. The van der Waals surface area contributed by atoms with Crippen LogP contribution < -0.4 is 10.2 Å². The monoisotopic (exact) mass is 228 g/mol. The smallest absolute Gasteiger partial charge is 0.225 e. The van der Waals surface area contributed by atoms with Crippen molar-refractivity contribution in [2.24, 2.45) is 5.92 Å². The summed E-state index contributed by atoms with van der Waals surface area (Å²) in [5, 5.41) is 3.32. The molecule has 0 bridgehead atoms. The number of rotatable bonds is 1. The third-order valence-corrected chi connectivity index (χ3v) is 3.04. The molecular weight excluding hydrogens is 212 g/mol. The molecule has 0 spiro atoms. The number of nitrogens with zero attached hydrogens (tertiary/aromatic N) is 3. The molecule has 0 unspecified atom stereocenters. The highest BCUT2D eigenvalue weighted by atomic mass is 15.3. The average Bonchev–Trinajstić information content (AvgIpc) is 3.22. The molecule has 1 saturated carbocycles. The molecule has 3 rings (SSSR count). The molecule has 0 radical (unpaired) electrons. The third kappa shape index (κ3) is 2.75. The van der Waals surface area contributed by atoms with Crippen LogP contribution in [0.2, 0.25) is 0 Å². The van der Waals surface area contributed by atoms with E-state index in [1.54, 1.807) is 0 Å². The van der Waals surface area contributed by atoms with Crippen molar-refractivity contribution in [2.75, 3.05) is 31.1 Å². The molecule has 0 atom stereocenters. The Morgan fingerprint density at radius 1 is 1.18 bits per heavy atom. The molecule has 1 aromatic heterocycles. The fourth-order valence-corrected chi connectivity index (χ4v) is 1.83. The van der Waals surface area contributed by atoms with Crippen LogP contribution in [0.3, 0.4) is 0 Å². The maximum Gasteiger partial charge on any atom is 0.225 e. The maximum atomic E-state index is 4.39. The second-order valence-electron chi connectivity index (χ2n) is 4.55. The highest BCUT2D eigenvalue weighted by molar-refractivity contribution is 5.36. The predicted molar refractivity (Wildman–Crippen MR) is 66.7 cm³/mol. The molecular formula is C13H16N4.